The zero-order chi connectivity index (χ0) is 26.0. The fourth-order valence-electron chi connectivity index (χ4n) is 5.26. The molecule has 10 nitrogen and oxygen atoms in total. The topological polar surface area (TPSA) is 131 Å². The predicted octanol–water partition coefficient (Wildman–Crippen LogP) is 3.66. The lowest BCUT2D eigenvalue weighted by atomic mass is 10.1. The molecular weight excluding hydrogens is 486 g/mol. The molecule has 190 valence electrons. The lowest BCUT2D eigenvalue weighted by molar-refractivity contribution is -0.0255. The number of benzene rings is 2. The van der Waals surface area contributed by atoms with Crippen LogP contribution in [0.15, 0.2) is 83.1 Å². The summed E-state index contributed by atoms with van der Waals surface area (Å²) in [7, 11) is -2.80. The first-order valence-electron chi connectivity index (χ1n) is 12.2. The van der Waals surface area contributed by atoms with Crippen molar-refractivity contribution in [3.63, 3.8) is 0 Å². The number of ether oxygens (including phenoxy) is 1. The first-order valence-corrected chi connectivity index (χ1v) is 14.1. The van der Waals surface area contributed by atoms with Crippen molar-refractivity contribution in [2.75, 3.05) is 6.61 Å². The molecular formula is C26H29N7O3Si. The van der Waals surface area contributed by atoms with Crippen LogP contribution in [0, 0.1) is 0 Å². The lowest BCUT2D eigenvalue weighted by Crippen LogP contribution is -2.67. The SMILES string of the molecule is CC(C)(C)[Si](OC[C@H]1O[C@@H](n2ncc3c(=O)[nH]cnc32)C[C@@H]1N=[N+]=[N-])(c1ccccc1)c1ccccc1. The molecule has 0 amide bonds. The number of hydrogen-bond acceptors (Lipinski definition) is 6. The number of aromatic amines is 1. The van der Waals surface area contributed by atoms with Crippen molar-refractivity contribution in [2.24, 2.45) is 5.11 Å². The van der Waals surface area contributed by atoms with E-state index in [-0.39, 0.29) is 17.2 Å². The van der Waals surface area contributed by atoms with Crippen molar-refractivity contribution in [1.82, 2.24) is 19.7 Å². The highest BCUT2D eigenvalue weighted by Gasteiger charge is 2.51. The Morgan fingerprint density at radius 3 is 2.41 bits per heavy atom. The number of H-pyrrole nitrogens is 1. The third-order valence-electron chi connectivity index (χ3n) is 6.95. The number of hydrogen-bond donors (Lipinski definition) is 1. The van der Waals surface area contributed by atoms with Crippen LogP contribution in [0.5, 0.6) is 0 Å². The molecule has 1 fully saturated rings. The number of aromatic nitrogens is 4. The Morgan fingerprint density at radius 2 is 1.81 bits per heavy atom. The van der Waals surface area contributed by atoms with Crippen molar-refractivity contribution in [1.29, 1.82) is 0 Å². The van der Waals surface area contributed by atoms with Gasteiger partial charge in [0.1, 0.15) is 5.39 Å². The maximum absolute atomic E-state index is 12.1. The van der Waals surface area contributed by atoms with Crippen molar-refractivity contribution >= 4 is 29.7 Å². The van der Waals surface area contributed by atoms with Gasteiger partial charge in [-0.15, -0.1) is 0 Å². The van der Waals surface area contributed by atoms with E-state index in [0.717, 1.165) is 10.4 Å². The monoisotopic (exact) mass is 515 g/mol. The highest BCUT2D eigenvalue weighted by atomic mass is 28.4. The van der Waals surface area contributed by atoms with Crippen LogP contribution in [-0.2, 0) is 9.16 Å². The molecule has 0 bridgehead atoms. The minimum atomic E-state index is -2.80. The molecule has 2 aromatic heterocycles. The van der Waals surface area contributed by atoms with E-state index in [1.54, 1.807) is 4.68 Å². The molecule has 3 heterocycles. The van der Waals surface area contributed by atoms with E-state index in [9.17, 15) is 10.3 Å². The summed E-state index contributed by atoms with van der Waals surface area (Å²) < 4.78 is 15.0. The van der Waals surface area contributed by atoms with E-state index in [4.69, 9.17) is 9.16 Å². The third-order valence-corrected chi connectivity index (χ3v) is 12.0. The van der Waals surface area contributed by atoms with Gasteiger partial charge >= 0.3 is 0 Å². The molecule has 5 rings (SSSR count). The molecule has 1 N–H and O–H groups in total. The van der Waals surface area contributed by atoms with Crippen molar-refractivity contribution in [3.8, 4) is 0 Å². The zero-order valence-corrected chi connectivity index (χ0v) is 22.0. The van der Waals surface area contributed by atoms with Crippen LogP contribution in [0.4, 0.5) is 0 Å². The summed E-state index contributed by atoms with van der Waals surface area (Å²) in [6.07, 6.45) is 2.16. The summed E-state index contributed by atoms with van der Waals surface area (Å²) in [5, 5.41) is 10.9. The zero-order valence-electron chi connectivity index (χ0n) is 21.0. The van der Waals surface area contributed by atoms with Crippen LogP contribution in [-0.4, -0.2) is 46.8 Å². The maximum Gasteiger partial charge on any atom is 0.261 e. The molecule has 0 radical (unpaired) electrons. The first-order chi connectivity index (χ1) is 17.8. The molecule has 4 aromatic rings. The molecule has 1 aliphatic rings. The molecule has 3 atom stereocenters. The van der Waals surface area contributed by atoms with E-state index in [1.165, 1.54) is 12.5 Å². The van der Waals surface area contributed by atoms with Gasteiger partial charge in [-0.2, -0.15) is 5.10 Å². The van der Waals surface area contributed by atoms with E-state index in [0.29, 0.717) is 17.5 Å². The highest BCUT2D eigenvalue weighted by molar-refractivity contribution is 6.99. The highest BCUT2D eigenvalue weighted by Crippen LogP contribution is 2.38. The van der Waals surface area contributed by atoms with Crippen molar-refractivity contribution in [2.45, 2.75) is 50.6 Å². The fourth-order valence-corrected chi connectivity index (χ4v) is 9.83. The van der Waals surface area contributed by atoms with Crippen LogP contribution in [0.1, 0.15) is 33.4 Å². The van der Waals surface area contributed by atoms with Gasteiger partial charge in [0.25, 0.3) is 13.9 Å². The largest absolute Gasteiger partial charge is 0.405 e. The van der Waals surface area contributed by atoms with E-state index >= 15 is 0 Å². The van der Waals surface area contributed by atoms with E-state index in [2.05, 4.69) is 70.1 Å². The Kier molecular flexibility index (Phi) is 6.70. The molecule has 0 saturated carbocycles. The molecule has 0 aliphatic carbocycles. The van der Waals surface area contributed by atoms with Gasteiger partial charge in [0.15, 0.2) is 11.9 Å². The summed E-state index contributed by atoms with van der Waals surface area (Å²) in [6, 6.07) is 20.2. The Morgan fingerprint density at radius 1 is 1.16 bits per heavy atom. The van der Waals surface area contributed by atoms with Crippen LogP contribution in [0.2, 0.25) is 5.04 Å². The minimum absolute atomic E-state index is 0.204. The van der Waals surface area contributed by atoms with Crippen molar-refractivity contribution < 1.29 is 9.16 Å². The van der Waals surface area contributed by atoms with Gasteiger partial charge in [-0.05, 0) is 20.9 Å². The fraction of sp³-hybridized carbons (Fsp3) is 0.346. The second-order valence-electron chi connectivity index (χ2n) is 10.2. The van der Waals surface area contributed by atoms with Gasteiger partial charge in [-0.25, -0.2) is 9.67 Å². The van der Waals surface area contributed by atoms with Gasteiger partial charge in [0.2, 0.25) is 0 Å². The Bertz CT molecular complexity index is 1440. The molecule has 1 aliphatic heterocycles. The summed E-state index contributed by atoms with van der Waals surface area (Å²) in [4.78, 5) is 22.0. The van der Waals surface area contributed by atoms with Gasteiger partial charge in [-0.3, -0.25) is 4.79 Å². The van der Waals surface area contributed by atoms with Crippen LogP contribution < -0.4 is 15.9 Å². The van der Waals surface area contributed by atoms with Gasteiger partial charge < -0.3 is 14.1 Å². The van der Waals surface area contributed by atoms with Gasteiger partial charge in [-0.1, -0.05) is 86.5 Å². The summed E-state index contributed by atoms with van der Waals surface area (Å²) in [5.41, 5.74) is 9.42. The standard InChI is InChI=1S/C26H29N7O3Si/c1-26(2,3)37(18-10-6-4-7-11-18,19-12-8-5-9-13-19)35-16-22-21(31-32-27)14-23(36-22)33-24-20(15-30-33)25(34)29-17-28-24/h4-13,15,17,21-23H,14,16H2,1-3H3,(H,28,29,34)/t21-,22+,23+/m0/s1. The maximum atomic E-state index is 12.1. The second-order valence-corrected chi connectivity index (χ2v) is 14.5. The molecule has 1 saturated heterocycles. The summed E-state index contributed by atoms with van der Waals surface area (Å²) >= 11 is 0. The molecule has 2 aromatic carbocycles. The molecule has 37 heavy (non-hydrogen) atoms. The van der Waals surface area contributed by atoms with E-state index < -0.39 is 26.7 Å². The van der Waals surface area contributed by atoms with Crippen LogP contribution in [0.3, 0.4) is 0 Å². The van der Waals surface area contributed by atoms with Gasteiger partial charge in [0, 0.05) is 11.3 Å². The summed E-state index contributed by atoms with van der Waals surface area (Å²) in [5.74, 6) is 0. The Balaban J connectivity index is 1.50. The number of nitrogens with one attached hydrogen (secondary N) is 1. The number of azide groups is 1. The molecule has 0 spiro atoms. The second kappa shape index (κ2) is 9.95. The predicted molar refractivity (Wildman–Crippen MR) is 143 cm³/mol. The third kappa shape index (κ3) is 4.47. The minimum Gasteiger partial charge on any atom is -0.405 e. The van der Waals surface area contributed by atoms with Gasteiger partial charge in [0.05, 0.1) is 31.3 Å². The molecule has 11 heteroatoms. The first kappa shape index (κ1) is 24.9. The average Bonchev–Trinajstić information content (AvgIpc) is 3.50. The normalized spacial score (nSPS) is 20.1. The molecule has 0 unspecified atom stereocenters. The quantitative estimate of drug-likeness (QED) is 0.174. The Labute approximate surface area is 215 Å². The average molecular weight is 516 g/mol. The summed E-state index contributed by atoms with van der Waals surface area (Å²) in [6.45, 7) is 6.87. The smallest absolute Gasteiger partial charge is 0.261 e. The van der Waals surface area contributed by atoms with Crippen molar-refractivity contribution in [3.05, 3.63) is 94.0 Å². The Hall–Kier alpha value is -3.76. The number of fused-ring (bicyclic) bond motifs is 1. The van der Waals surface area contributed by atoms with Crippen LogP contribution in [0.25, 0.3) is 21.5 Å². The lowest BCUT2D eigenvalue weighted by Gasteiger charge is -2.43. The van der Waals surface area contributed by atoms with E-state index in [1.807, 2.05) is 36.4 Å². The van der Waals surface area contributed by atoms with Crippen LogP contribution >= 0.6 is 0 Å². The number of rotatable bonds is 7. The number of nitrogens with zero attached hydrogens (tertiary/aromatic N) is 6.